The van der Waals surface area contributed by atoms with Crippen molar-refractivity contribution in [1.29, 1.82) is 0 Å². The minimum absolute atomic E-state index is 0.157. The maximum atomic E-state index is 10.8. The summed E-state index contributed by atoms with van der Waals surface area (Å²) in [6.07, 6.45) is 1.58. The molecule has 112 valence electrons. The van der Waals surface area contributed by atoms with Gasteiger partial charge in [0.2, 0.25) is 6.79 Å². The molecule has 2 aromatic rings. The van der Waals surface area contributed by atoms with Crippen LogP contribution >= 0.6 is 11.6 Å². The number of aromatic carboxylic acids is 1. The highest BCUT2D eigenvalue weighted by atomic mass is 35.5. The molecule has 1 aliphatic rings. The number of benzene rings is 2. The highest BCUT2D eigenvalue weighted by molar-refractivity contribution is 6.32. The number of nitrogens with one attached hydrogen (secondary N) is 1. The number of anilines is 1. The van der Waals surface area contributed by atoms with Gasteiger partial charge in [-0.25, -0.2) is 4.79 Å². The summed E-state index contributed by atoms with van der Waals surface area (Å²) < 4.78 is 10.5. The summed E-state index contributed by atoms with van der Waals surface area (Å²) in [6.45, 7) is 0.157. The van der Waals surface area contributed by atoms with E-state index in [0.717, 1.165) is 5.56 Å². The lowest BCUT2D eigenvalue weighted by molar-refractivity contribution is 0.0697. The quantitative estimate of drug-likeness (QED) is 0.668. The van der Waals surface area contributed by atoms with Crippen molar-refractivity contribution in [2.75, 3.05) is 12.2 Å². The Kier molecular flexibility index (Phi) is 3.84. The van der Waals surface area contributed by atoms with Crippen LogP contribution in [0, 0.1) is 0 Å². The Balaban J connectivity index is 1.70. The molecule has 0 fully saturated rings. The molecular formula is C15H11ClN2O4. The molecule has 1 heterocycles. The van der Waals surface area contributed by atoms with Crippen LogP contribution in [0.3, 0.4) is 0 Å². The maximum absolute atomic E-state index is 10.8. The first kappa shape index (κ1) is 14.2. The van der Waals surface area contributed by atoms with Crippen LogP contribution in [0.15, 0.2) is 41.5 Å². The van der Waals surface area contributed by atoms with Crippen LogP contribution in [0.1, 0.15) is 15.9 Å². The van der Waals surface area contributed by atoms with E-state index in [2.05, 4.69) is 10.5 Å². The number of ether oxygens (including phenoxy) is 2. The normalized spacial score (nSPS) is 12.6. The van der Waals surface area contributed by atoms with E-state index >= 15 is 0 Å². The number of hydrogen-bond acceptors (Lipinski definition) is 5. The number of nitrogens with zero attached hydrogens (tertiary/aromatic N) is 1. The van der Waals surface area contributed by atoms with Crippen molar-refractivity contribution in [3.8, 4) is 11.5 Å². The van der Waals surface area contributed by atoms with E-state index < -0.39 is 5.97 Å². The van der Waals surface area contributed by atoms with Gasteiger partial charge in [-0.2, -0.15) is 5.10 Å². The van der Waals surface area contributed by atoms with Gasteiger partial charge in [0.25, 0.3) is 0 Å². The molecule has 0 saturated heterocycles. The van der Waals surface area contributed by atoms with Crippen LogP contribution in [0.25, 0.3) is 0 Å². The summed E-state index contributed by atoms with van der Waals surface area (Å²) in [4.78, 5) is 10.8. The monoisotopic (exact) mass is 318 g/mol. The Bertz CT molecular complexity index is 744. The highest BCUT2D eigenvalue weighted by Crippen LogP contribution is 2.39. The molecule has 2 aromatic carbocycles. The minimum Gasteiger partial charge on any atom is -0.478 e. The van der Waals surface area contributed by atoms with Crippen LogP contribution in [0.2, 0.25) is 5.02 Å². The van der Waals surface area contributed by atoms with E-state index in [1.165, 1.54) is 12.1 Å². The predicted octanol–water partition coefficient (Wildman–Crippen LogP) is 3.21. The van der Waals surface area contributed by atoms with Crippen LogP contribution in [-0.4, -0.2) is 24.1 Å². The molecule has 0 radical (unpaired) electrons. The first-order valence-corrected chi connectivity index (χ1v) is 6.73. The van der Waals surface area contributed by atoms with Gasteiger partial charge >= 0.3 is 5.97 Å². The molecule has 2 N–H and O–H groups in total. The molecule has 0 bridgehead atoms. The fourth-order valence-electron chi connectivity index (χ4n) is 1.93. The third kappa shape index (κ3) is 2.96. The highest BCUT2D eigenvalue weighted by Gasteiger charge is 2.17. The third-order valence-corrected chi connectivity index (χ3v) is 3.27. The SMILES string of the molecule is O=C(O)c1ccc(N/N=C\c2cc(Cl)c3c(c2)OCO3)cc1. The van der Waals surface area contributed by atoms with Gasteiger partial charge in [0.1, 0.15) is 0 Å². The maximum Gasteiger partial charge on any atom is 0.335 e. The predicted molar refractivity (Wildman–Crippen MR) is 82.2 cm³/mol. The second-order valence-electron chi connectivity index (χ2n) is 4.49. The molecule has 0 saturated carbocycles. The summed E-state index contributed by atoms with van der Waals surface area (Å²) in [6, 6.07) is 9.75. The lowest BCUT2D eigenvalue weighted by Gasteiger charge is -2.02. The van der Waals surface area contributed by atoms with E-state index in [0.29, 0.717) is 22.2 Å². The van der Waals surface area contributed by atoms with E-state index in [4.69, 9.17) is 26.2 Å². The minimum atomic E-state index is -0.968. The van der Waals surface area contributed by atoms with Gasteiger partial charge in [0.15, 0.2) is 11.5 Å². The van der Waals surface area contributed by atoms with E-state index in [9.17, 15) is 4.79 Å². The molecule has 0 aliphatic carbocycles. The molecule has 0 spiro atoms. The Hall–Kier alpha value is -2.73. The second kappa shape index (κ2) is 5.95. The van der Waals surface area contributed by atoms with Crippen molar-refractivity contribution in [2.45, 2.75) is 0 Å². The standard InChI is InChI=1S/C15H11ClN2O4/c16-12-5-9(6-13-14(12)22-8-21-13)7-17-18-11-3-1-10(2-4-11)15(19)20/h1-7,18H,8H2,(H,19,20)/b17-7-. The summed E-state index contributed by atoms with van der Waals surface area (Å²) in [5.41, 5.74) is 4.46. The summed E-state index contributed by atoms with van der Waals surface area (Å²) in [5.74, 6) is 0.154. The molecule has 0 unspecified atom stereocenters. The largest absolute Gasteiger partial charge is 0.478 e. The molecule has 0 aromatic heterocycles. The smallest absolute Gasteiger partial charge is 0.335 e. The average Bonchev–Trinajstić information content (AvgIpc) is 2.97. The van der Waals surface area contributed by atoms with Gasteiger partial charge in [0.05, 0.1) is 22.5 Å². The van der Waals surface area contributed by atoms with Crippen molar-refractivity contribution < 1.29 is 19.4 Å². The van der Waals surface area contributed by atoms with Gasteiger partial charge in [-0.3, -0.25) is 5.43 Å². The fraction of sp³-hybridized carbons (Fsp3) is 0.0667. The Morgan fingerprint density at radius 1 is 1.27 bits per heavy atom. The van der Waals surface area contributed by atoms with Crippen molar-refractivity contribution >= 4 is 29.5 Å². The van der Waals surface area contributed by atoms with Gasteiger partial charge in [-0.05, 0) is 42.0 Å². The zero-order valence-electron chi connectivity index (χ0n) is 11.2. The molecule has 3 rings (SSSR count). The number of hydrogen-bond donors (Lipinski definition) is 2. The molecule has 6 nitrogen and oxygen atoms in total. The number of carbonyl (C=O) groups is 1. The fourth-order valence-corrected chi connectivity index (χ4v) is 2.20. The summed E-state index contributed by atoms with van der Waals surface area (Å²) in [7, 11) is 0. The zero-order chi connectivity index (χ0) is 15.5. The lowest BCUT2D eigenvalue weighted by Crippen LogP contribution is -1.96. The molecule has 0 amide bonds. The van der Waals surface area contributed by atoms with Crippen molar-refractivity contribution in [2.24, 2.45) is 5.10 Å². The molecule has 7 heteroatoms. The number of halogens is 1. The Morgan fingerprint density at radius 2 is 2.05 bits per heavy atom. The van der Waals surface area contributed by atoms with Gasteiger partial charge in [0, 0.05) is 0 Å². The van der Waals surface area contributed by atoms with E-state index in [1.54, 1.807) is 30.5 Å². The molecule has 0 atom stereocenters. The average molecular weight is 319 g/mol. The number of fused-ring (bicyclic) bond motifs is 1. The Labute approximate surface area is 130 Å². The topological polar surface area (TPSA) is 80.2 Å². The van der Waals surface area contributed by atoms with E-state index in [-0.39, 0.29) is 12.4 Å². The first-order valence-electron chi connectivity index (χ1n) is 6.35. The van der Waals surface area contributed by atoms with Crippen LogP contribution < -0.4 is 14.9 Å². The summed E-state index contributed by atoms with van der Waals surface area (Å²) in [5, 5.41) is 13.4. The van der Waals surface area contributed by atoms with Gasteiger partial charge < -0.3 is 14.6 Å². The van der Waals surface area contributed by atoms with Crippen LogP contribution in [0.4, 0.5) is 5.69 Å². The first-order chi connectivity index (χ1) is 10.6. The Morgan fingerprint density at radius 3 is 2.77 bits per heavy atom. The molecule has 1 aliphatic heterocycles. The number of hydrazone groups is 1. The molecule has 22 heavy (non-hydrogen) atoms. The zero-order valence-corrected chi connectivity index (χ0v) is 12.0. The van der Waals surface area contributed by atoms with Crippen molar-refractivity contribution in [1.82, 2.24) is 0 Å². The third-order valence-electron chi connectivity index (χ3n) is 2.99. The number of carboxylic acids is 1. The van der Waals surface area contributed by atoms with E-state index in [1.807, 2.05) is 0 Å². The van der Waals surface area contributed by atoms with Gasteiger partial charge in [-0.15, -0.1) is 0 Å². The summed E-state index contributed by atoms with van der Waals surface area (Å²) >= 11 is 6.08. The lowest BCUT2D eigenvalue weighted by atomic mass is 10.2. The number of rotatable bonds is 4. The van der Waals surface area contributed by atoms with Crippen LogP contribution in [-0.2, 0) is 0 Å². The molecular weight excluding hydrogens is 308 g/mol. The van der Waals surface area contributed by atoms with Gasteiger partial charge in [-0.1, -0.05) is 11.6 Å². The number of carboxylic acid groups (broad SMARTS) is 1. The second-order valence-corrected chi connectivity index (χ2v) is 4.90. The van der Waals surface area contributed by atoms with Crippen LogP contribution in [0.5, 0.6) is 11.5 Å². The van der Waals surface area contributed by atoms with Crippen molar-refractivity contribution in [3.05, 3.63) is 52.5 Å². The van der Waals surface area contributed by atoms with Crippen molar-refractivity contribution in [3.63, 3.8) is 0 Å².